The van der Waals surface area contributed by atoms with Crippen LogP contribution in [0.15, 0.2) is 24.3 Å². The van der Waals surface area contributed by atoms with Crippen LogP contribution in [0.2, 0.25) is 0 Å². The summed E-state index contributed by atoms with van der Waals surface area (Å²) in [6.07, 6.45) is 5.68. The summed E-state index contributed by atoms with van der Waals surface area (Å²) in [6.45, 7) is -0.0884. The average Bonchev–Trinajstić information content (AvgIpc) is 3.09. The van der Waals surface area contributed by atoms with Gasteiger partial charge in [-0.25, -0.2) is 0 Å². The van der Waals surface area contributed by atoms with Crippen LogP contribution in [0.4, 0.5) is 0 Å². The van der Waals surface area contributed by atoms with E-state index in [9.17, 15) is 14.4 Å². The van der Waals surface area contributed by atoms with Gasteiger partial charge in [0.15, 0.2) is 0 Å². The van der Waals surface area contributed by atoms with Crippen molar-refractivity contribution >= 4 is 17.8 Å². The number of hydrogen-bond donors (Lipinski definition) is 2. The van der Waals surface area contributed by atoms with Gasteiger partial charge in [0.05, 0.1) is 7.11 Å². The Bertz CT molecular complexity index is 695. The van der Waals surface area contributed by atoms with Gasteiger partial charge in [-0.3, -0.25) is 14.4 Å². The largest absolute Gasteiger partial charge is 0.468 e. The SMILES string of the molecule is COC(=O)CNC(=O)C1CCC(NC(=O)CC2CCc3ccccc32)CC1. The quantitative estimate of drug-likeness (QED) is 0.749. The second-order valence-electron chi connectivity index (χ2n) is 7.55. The minimum atomic E-state index is -0.446. The number of rotatable bonds is 6. The normalized spacial score (nSPS) is 24.0. The lowest BCUT2D eigenvalue weighted by molar-refractivity contribution is -0.141. The number of esters is 1. The number of amides is 2. The molecule has 1 unspecified atom stereocenters. The second kappa shape index (κ2) is 9.02. The first-order valence-electron chi connectivity index (χ1n) is 9.78. The molecule has 0 heterocycles. The van der Waals surface area contributed by atoms with Crippen LogP contribution in [0.25, 0.3) is 0 Å². The van der Waals surface area contributed by atoms with E-state index in [-0.39, 0.29) is 30.3 Å². The summed E-state index contributed by atoms with van der Waals surface area (Å²) in [7, 11) is 1.30. The fourth-order valence-corrected chi connectivity index (χ4v) is 4.24. The van der Waals surface area contributed by atoms with Crippen molar-refractivity contribution in [1.82, 2.24) is 10.6 Å². The second-order valence-corrected chi connectivity index (χ2v) is 7.55. The van der Waals surface area contributed by atoms with E-state index in [4.69, 9.17) is 0 Å². The van der Waals surface area contributed by atoms with E-state index in [0.717, 1.165) is 38.5 Å². The predicted octanol–water partition coefficient (Wildman–Crippen LogP) is 2.07. The molecule has 1 aromatic rings. The lowest BCUT2D eigenvalue weighted by Gasteiger charge is -2.28. The Morgan fingerprint density at radius 2 is 1.81 bits per heavy atom. The summed E-state index contributed by atoms with van der Waals surface area (Å²) in [5, 5.41) is 5.77. The number of aryl methyl sites for hydroxylation is 1. The fourth-order valence-electron chi connectivity index (χ4n) is 4.24. The summed E-state index contributed by atoms with van der Waals surface area (Å²) in [4.78, 5) is 35.7. The molecule has 0 spiro atoms. The lowest BCUT2D eigenvalue weighted by Crippen LogP contribution is -2.42. The molecular formula is C21H28N2O4. The van der Waals surface area contributed by atoms with Crippen molar-refractivity contribution in [2.75, 3.05) is 13.7 Å². The van der Waals surface area contributed by atoms with Crippen LogP contribution in [0.5, 0.6) is 0 Å². The molecule has 0 bridgehead atoms. The standard InChI is InChI=1S/C21H28N2O4/c1-27-20(25)13-22-21(26)15-8-10-17(11-9-15)23-19(24)12-16-7-6-14-4-2-3-5-18(14)16/h2-5,15-17H,6-13H2,1H3,(H,22,26)(H,23,24). The van der Waals surface area contributed by atoms with E-state index in [0.29, 0.717) is 12.3 Å². The molecule has 0 aromatic heterocycles. The van der Waals surface area contributed by atoms with Gasteiger partial charge in [-0.05, 0) is 55.6 Å². The van der Waals surface area contributed by atoms with E-state index in [1.54, 1.807) is 0 Å². The molecule has 6 heteroatoms. The molecule has 6 nitrogen and oxygen atoms in total. The molecule has 1 aromatic carbocycles. The van der Waals surface area contributed by atoms with Gasteiger partial charge in [0.2, 0.25) is 11.8 Å². The highest BCUT2D eigenvalue weighted by Crippen LogP contribution is 2.35. The summed E-state index contributed by atoms with van der Waals surface area (Å²) in [5.41, 5.74) is 2.69. The topological polar surface area (TPSA) is 84.5 Å². The van der Waals surface area contributed by atoms with E-state index in [1.807, 2.05) is 6.07 Å². The lowest BCUT2D eigenvalue weighted by atomic mass is 9.85. The maximum absolute atomic E-state index is 12.5. The average molecular weight is 372 g/mol. The molecule has 1 fully saturated rings. The molecule has 0 radical (unpaired) electrons. The zero-order valence-corrected chi connectivity index (χ0v) is 15.8. The third-order valence-corrected chi connectivity index (χ3v) is 5.79. The molecule has 2 N–H and O–H groups in total. The Balaban J connectivity index is 1.40. The minimum absolute atomic E-state index is 0.0884. The number of hydrogen-bond acceptors (Lipinski definition) is 4. The Kier molecular flexibility index (Phi) is 6.48. The predicted molar refractivity (Wildman–Crippen MR) is 101 cm³/mol. The summed E-state index contributed by atoms with van der Waals surface area (Å²) in [5.74, 6) is -0.216. The number of benzene rings is 1. The van der Waals surface area contributed by atoms with Crippen LogP contribution < -0.4 is 10.6 Å². The Morgan fingerprint density at radius 1 is 1.07 bits per heavy atom. The first kappa shape index (κ1) is 19.4. The van der Waals surface area contributed by atoms with Gasteiger partial charge in [-0.2, -0.15) is 0 Å². The Hall–Kier alpha value is -2.37. The van der Waals surface area contributed by atoms with Gasteiger partial charge < -0.3 is 15.4 Å². The van der Waals surface area contributed by atoms with Crippen molar-refractivity contribution in [3.63, 3.8) is 0 Å². The molecule has 3 rings (SSSR count). The van der Waals surface area contributed by atoms with E-state index >= 15 is 0 Å². The van der Waals surface area contributed by atoms with Gasteiger partial charge in [-0.1, -0.05) is 24.3 Å². The van der Waals surface area contributed by atoms with Crippen LogP contribution in [0.1, 0.15) is 55.6 Å². The van der Waals surface area contributed by atoms with Gasteiger partial charge in [0.1, 0.15) is 6.54 Å². The van der Waals surface area contributed by atoms with Crippen LogP contribution in [-0.4, -0.2) is 37.5 Å². The third-order valence-electron chi connectivity index (χ3n) is 5.79. The minimum Gasteiger partial charge on any atom is -0.468 e. The maximum atomic E-state index is 12.5. The highest BCUT2D eigenvalue weighted by atomic mass is 16.5. The first-order valence-corrected chi connectivity index (χ1v) is 9.78. The number of carbonyl (C=O) groups excluding carboxylic acids is 3. The number of nitrogens with one attached hydrogen (secondary N) is 2. The number of ether oxygens (including phenoxy) is 1. The smallest absolute Gasteiger partial charge is 0.325 e. The van der Waals surface area contributed by atoms with Gasteiger partial charge in [-0.15, -0.1) is 0 Å². The number of carbonyl (C=O) groups is 3. The van der Waals surface area contributed by atoms with Crippen molar-refractivity contribution in [3.8, 4) is 0 Å². The van der Waals surface area contributed by atoms with Crippen LogP contribution in [0.3, 0.4) is 0 Å². The fraction of sp³-hybridized carbons (Fsp3) is 0.571. The van der Waals surface area contributed by atoms with Crippen molar-refractivity contribution in [3.05, 3.63) is 35.4 Å². The van der Waals surface area contributed by atoms with Gasteiger partial charge in [0.25, 0.3) is 0 Å². The van der Waals surface area contributed by atoms with E-state index in [2.05, 4.69) is 33.6 Å². The first-order chi connectivity index (χ1) is 13.1. The molecule has 1 atom stereocenters. The van der Waals surface area contributed by atoms with E-state index in [1.165, 1.54) is 18.2 Å². The van der Waals surface area contributed by atoms with Gasteiger partial charge in [0, 0.05) is 18.4 Å². The van der Waals surface area contributed by atoms with Crippen molar-refractivity contribution in [1.29, 1.82) is 0 Å². The highest BCUT2D eigenvalue weighted by Gasteiger charge is 2.29. The molecule has 0 aliphatic heterocycles. The third kappa shape index (κ3) is 5.08. The van der Waals surface area contributed by atoms with E-state index < -0.39 is 5.97 Å². The summed E-state index contributed by atoms with van der Waals surface area (Å²) >= 11 is 0. The molecule has 146 valence electrons. The van der Waals surface area contributed by atoms with Crippen molar-refractivity contribution in [2.24, 2.45) is 5.92 Å². The summed E-state index contributed by atoms with van der Waals surface area (Å²) < 4.78 is 4.52. The Labute approximate surface area is 160 Å². The zero-order chi connectivity index (χ0) is 19.2. The maximum Gasteiger partial charge on any atom is 0.325 e. The molecular weight excluding hydrogens is 344 g/mol. The molecule has 2 aliphatic carbocycles. The number of fused-ring (bicyclic) bond motifs is 1. The van der Waals surface area contributed by atoms with Crippen molar-refractivity contribution in [2.45, 2.75) is 56.9 Å². The summed E-state index contributed by atoms with van der Waals surface area (Å²) in [6, 6.07) is 8.53. The molecule has 2 amide bonds. The molecule has 27 heavy (non-hydrogen) atoms. The molecule has 2 aliphatic rings. The van der Waals surface area contributed by atoms with Gasteiger partial charge >= 0.3 is 5.97 Å². The van der Waals surface area contributed by atoms with Crippen LogP contribution >= 0.6 is 0 Å². The monoisotopic (exact) mass is 372 g/mol. The van der Waals surface area contributed by atoms with Crippen LogP contribution in [0, 0.1) is 5.92 Å². The molecule has 1 saturated carbocycles. The number of methoxy groups -OCH3 is 1. The Morgan fingerprint density at radius 3 is 2.56 bits per heavy atom. The highest BCUT2D eigenvalue weighted by molar-refractivity contribution is 5.83. The van der Waals surface area contributed by atoms with Crippen molar-refractivity contribution < 1.29 is 19.1 Å². The zero-order valence-electron chi connectivity index (χ0n) is 15.8. The van der Waals surface area contributed by atoms with Crippen LogP contribution in [-0.2, 0) is 25.5 Å². The molecule has 0 saturated heterocycles.